The largest absolute Gasteiger partial charge is 0.333 e. The van der Waals surface area contributed by atoms with Crippen LogP contribution in [0.2, 0.25) is 0 Å². The standard InChI is InChI=1S/C21H23N3O3S2/c1-15(20-22-18-10-3-4-11-19(18)28-20)23(2)21(25)16-8-7-9-17(14-16)29(26,27)24-12-5-6-13-24/h3-4,7-11,14-15H,5-6,12-13H2,1-2H3. The third-order valence-corrected chi connectivity index (χ3v) is 8.45. The van der Waals surface area contributed by atoms with E-state index in [9.17, 15) is 13.2 Å². The third kappa shape index (κ3) is 3.80. The Bertz CT molecular complexity index is 1120. The number of aromatic nitrogens is 1. The highest BCUT2D eigenvalue weighted by atomic mass is 32.2. The van der Waals surface area contributed by atoms with Gasteiger partial charge in [0.2, 0.25) is 10.0 Å². The Morgan fingerprint density at radius 2 is 1.86 bits per heavy atom. The lowest BCUT2D eigenvalue weighted by atomic mass is 10.2. The number of para-hydroxylation sites is 1. The topological polar surface area (TPSA) is 70.6 Å². The van der Waals surface area contributed by atoms with Crippen LogP contribution in [0, 0.1) is 0 Å². The van der Waals surface area contributed by atoms with Crippen molar-refractivity contribution in [3.8, 4) is 0 Å². The highest BCUT2D eigenvalue weighted by Gasteiger charge is 2.28. The van der Waals surface area contributed by atoms with Gasteiger partial charge in [0.05, 0.1) is 21.2 Å². The lowest BCUT2D eigenvalue weighted by Crippen LogP contribution is -2.30. The Morgan fingerprint density at radius 1 is 1.14 bits per heavy atom. The Hall–Kier alpha value is -2.29. The fourth-order valence-corrected chi connectivity index (χ4v) is 6.11. The average Bonchev–Trinajstić information content (AvgIpc) is 3.42. The van der Waals surface area contributed by atoms with Crippen LogP contribution in [0.1, 0.15) is 41.2 Å². The molecule has 1 aliphatic rings. The molecule has 29 heavy (non-hydrogen) atoms. The number of nitrogens with zero attached hydrogens (tertiary/aromatic N) is 3. The van der Waals surface area contributed by atoms with Crippen molar-refractivity contribution in [2.24, 2.45) is 0 Å². The Balaban J connectivity index is 1.58. The zero-order chi connectivity index (χ0) is 20.6. The van der Waals surface area contributed by atoms with Crippen molar-refractivity contribution in [3.63, 3.8) is 0 Å². The normalized spacial score (nSPS) is 16.2. The summed E-state index contributed by atoms with van der Waals surface area (Å²) in [7, 11) is -1.83. The number of hydrogen-bond donors (Lipinski definition) is 0. The maximum atomic E-state index is 13.1. The first-order chi connectivity index (χ1) is 13.9. The van der Waals surface area contributed by atoms with Gasteiger partial charge >= 0.3 is 0 Å². The maximum Gasteiger partial charge on any atom is 0.254 e. The van der Waals surface area contributed by atoms with Crippen molar-refractivity contribution in [2.75, 3.05) is 20.1 Å². The van der Waals surface area contributed by atoms with Crippen molar-refractivity contribution < 1.29 is 13.2 Å². The second-order valence-electron chi connectivity index (χ2n) is 7.25. The molecule has 2 aromatic carbocycles. The molecule has 0 aliphatic carbocycles. The highest BCUT2D eigenvalue weighted by Crippen LogP contribution is 2.30. The molecule has 0 radical (unpaired) electrons. The Kier molecular flexibility index (Phi) is 5.42. The quantitative estimate of drug-likeness (QED) is 0.616. The van der Waals surface area contributed by atoms with Crippen LogP contribution in [0.5, 0.6) is 0 Å². The fraction of sp³-hybridized carbons (Fsp3) is 0.333. The van der Waals surface area contributed by atoms with E-state index in [1.807, 2.05) is 31.2 Å². The van der Waals surface area contributed by atoms with Crippen LogP contribution in [-0.4, -0.2) is 48.7 Å². The number of thiazole rings is 1. The van der Waals surface area contributed by atoms with Crippen LogP contribution in [0.4, 0.5) is 0 Å². The molecule has 1 atom stereocenters. The first-order valence-corrected chi connectivity index (χ1v) is 11.9. The average molecular weight is 430 g/mol. The third-order valence-electron chi connectivity index (χ3n) is 5.35. The van der Waals surface area contributed by atoms with Gasteiger partial charge in [-0.15, -0.1) is 11.3 Å². The van der Waals surface area contributed by atoms with Crippen LogP contribution >= 0.6 is 11.3 Å². The molecule has 1 aliphatic heterocycles. The van der Waals surface area contributed by atoms with Crippen LogP contribution in [-0.2, 0) is 10.0 Å². The van der Waals surface area contributed by atoms with Crippen molar-refractivity contribution in [3.05, 3.63) is 59.1 Å². The first kappa shape index (κ1) is 20.0. The van der Waals surface area contributed by atoms with Crippen LogP contribution < -0.4 is 0 Å². The van der Waals surface area contributed by atoms with E-state index < -0.39 is 10.0 Å². The zero-order valence-electron chi connectivity index (χ0n) is 16.4. The molecule has 1 saturated heterocycles. The van der Waals surface area contributed by atoms with Gasteiger partial charge in [0.15, 0.2) is 0 Å². The molecule has 1 aromatic heterocycles. The van der Waals surface area contributed by atoms with E-state index in [0.717, 1.165) is 28.1 Å². The molecule has 0 N–H and O–H groups in total. The number of carbonyl (C=O) groups excluding carboxylic acids is 1. The van der Waals surface area contributed by atoms with E-state index in [1.165, 1.54) is 10.4 Å². The van der Waals surface area contributed by atoms with Gasteiger partial charge in [-0.1, -0.05) is 18.2 Å². The van der Waals surface area contributed by atoms with Gasteiger partial charge in [-0.3, -0.25) is 4.79 Å². The van der Waals surface area contributed by atoms with Gasteiger partial charge in [0, 0.05) is 25.7 Å². The van der Waals surface area contributed by atoms with E-state index in [0.29, 0.717) is 18.7 Å². The molecule has 1 unspecified atom stereocenters. The highest BCUT2D eigenvalue weighted by molar-refractivity contribution is 7.89. The zero-order valence-corrected chi connectivity index (χ0v) is 18.0. The summed E-state index contributed by atoms with van der Waals surface area (Å²) in [5.41, 5.74) is 1.28. The molecule has 0 bridgehead atoms. The van der Waals surface area contributed by atoms with E-state index >= 15 is 0 Å². The molecule has 0 saturated carbocycles. The minimum absolute atomic E-state index is 0.172. The molecular formula is C21H23N3O3S2. The smallest absolute Gasteiger partial charge is 0.254 e. The van der Waals surface area contributed by atoms with Gasteiger partial charge in [-0.25, -0.2) is 13.4 Å². The van der Waals surface area contributed by atoms with Crippen LogP contribution in [0.15, 0.2) is 53.4 Å². The fourth-order valence-electron chi connectivity index (χ4n) is 3.48. The molecular weight excluding hydrogens is 406 g/mol. The summed E-state index contributed by atoms with van der Waals surface area (Å²) in [5, 5.41) is 0.850. The van der Waals surface area contributed by atoms with Gasteiger partial charge in [0.1, 0.15) is 5.01 Å². The lowest BCUT2D eigenvalue weighted by molar-refractivity contribution is 0.0742. The number of sulfonamides is 1. The summed E-state index contributed by atoms with van der Waals surface area (Å²) in [6.45, 7) is 3.00. The van der Waals surface area contributed by atoms with Crippen LogP contribution in [0.3, 0.4) is 0 Å². The molecule has 6 nitrogen and oxygen atoms in total. The molecule has 1 fully saturated rings. The molecule has 1 amide bonds. The molecule has 0 spiro atoms. The minimum atomic E-state index is -3.56. The number of fused-ring (bicyclic) bond motifs is 1. The summed E-state index contributed by atoms with van der Waals surface area (Å²) < 4.78 is 28.2. The summed E-state index contributed by atoms with van der Waals surface area (Å²) in [5.74, 6) is -0.227. The molecule has 4 rings (SSSR count). The predicted octanol–water partition coefficient (Wildman–Crippen LogP) is 3.91. The molecule has 3 aromatic rings. The van der Waals surface area contributed by atoms with E-state index in [1.54, 1.807) is 41.5 Å². The summed E-state index contributed by atoms with van der Waals surface area (Å²) in [6, 6.07) is 14.0. The van der Waals surface area contributed by atoms with Crippen molar-refractivity contribution in [2.45, 2.75) is 30.7 Å². The molecule has 2 heterocycles. The second kappa shape index (κ2) is 7.85. The van der Waals surface area contributed by atoms with Gasteiger partial charge in [-0.2, -0.15) is 4.31 Å². The molecule has 8 heteroatoms. The maximum absolute atomic E-state index is 13.1. The van der Waals surface area contributed by atoms with Crippen molar-refractivity contribution in [1.29, 1.82) is 0 Å². The number of carbonyl (C=O) groups is 1. The first-order valence-electron chi connectivity index (χ1n) is 9.61. The number of benzene rings is 2. The lowest BCUT2D eigenvalue weighted by Gasteiger charge is -2.24. The minimum Gasteiger partial charge on any atom is -0.333 e. The summed E-state index contributed by atoms with van der Waals surface area (Å²) in [4.78, 5) is 19.5. The van der Waals surface area contributed by atoms with Gasteiger partial charge in [0.25, 0.3) is 5.91 Å². The van der Waals surface area contributed by atoms with Gasteiger partial charge < -0.3 is 4.90 Å². The number of rotatable bonds is 5. The molecule has 152 valence electrons. The summed E-state index contributed by atoms with van der Waals surface area (Å²) in [6.07, 6.45) is 1.75. The van der Waals surface area contributed by atoms with E-state index in [2.05, 4.69) is 4.98 Å². The monoisotopic (exact) mass is 429 g/mol. The SMILES string of the molecule is CC(c1nc2ccccc2s1)N(C)C(=O)c1cccc(S(=O)(=O)N2CCCC2)c1. The number of hydrogen-bond acceptors (Lipinski definition) is 5. The Morgan fingerprint density at radius 3 is 2.59 bits per heavy atom. The predicted molar refractivity (Wildman–Crippen MR) is 115 cm³/mol. The number of amides is 1. The van der Waals surface area contributed by atoms with E-state index in [-0.39, 0.29) is 16.8 Å². The van der Waals surface area contributed by atoms with Crippen molar-refractivity contribution >= 4 is 37.5 Å². The Labute approximate surface area is 174 Å². The van der Waals surface area contributed by atoms with Crippen LogP contribution in [0.25, 0.3) is 10.2 Å². The summed E-state index contributed by atoms with van der Waals surface area (Å²) >= 11 is 1.56. The van der Waals surface area contributed by atoms with Gasteiger partial charge in [-0.05, 0) is 50.1 Å². The second-order valence-corrected chi connectivity index (χ2v) is 10.3. The van der Waals surface area contributed by atoms with Crippen molar-refractivity contribution in [1.82, 2.24) is 14.2 Å². The van der Waals surface area contributed by atoms with E-state index in [4.69, 9.17) is 0 Å².